The summed E-state index contributed by atoms with van der Waals surface area (Å²) in [5.74, 6) is 1.45. The van der Waals surface area contributed by atoms with Crippen molar-refractivity contribution in [2.75, 3.05) is 19.4 Å². The summed E-state index contributed by atoms with van der Waals surface area (Å²) in [7, 11) is -1.45. The SMILES string of the molecule is CCCS(=O)(=O)NCCc1ccc(OC)c(C(C)C)c1. The number of rotatable bonds is 8. The second-order valence-corrected chi connectivity index (χ2v) is 7.12. The van der Waals surface area contributed by atoms with Gasteiger partial charge in [0, 0.05) is 6.54 Å². The first kappa shape index (κ1) is 17.0. The summed E-state index contributed by atoms with van der Waals surface area (Å²) < 4.78 is 31.1. The van der Waals surface area contributed by atoms with Gasteiger partial charge in [0.15, 0.2) is 0 Å². The van der Waals surface area contributed by atoms with E-state index in [9.17, 15) is 8.42 Å². The van der Waals surface area contributed by atoms with Crippen LogP contribution in [0.3, 0.4) is 0 Å². The molecule has 0 saturated heterocycles. The highest BCUT2D eigenvalue weighted by molar-refractivity contribution is 7.89. The highest BCUT2D eigenvalue weighted by Gasteiger charge is 2.10. The van der Waals surface area contributed by atoms with Crippen molar-refractivity contribution in [2.45, 2.75) is 39.5 Å². The van der Waals surface area contributed by atoms with Crippen LogP contribution in [0.2, 0.25) is 0 Å². The van der Waals surface area contributed by atoms with Crippen LogP contribution in [0, 0.1) is 0 Å². The Hall–Kier alpha value is -1.07. The molecule has 4 nitrogen and oxygen atoms in total. The molecule has 0 atom stereocenters. The summed E-state index contributed by atoms with van der Waals surface area (Å²) in [4.78, 5) is 0. The van der Waals surface area contributed by atoms with Crippen molar-refractivity contribution in [1.82, 2.24) is 4.72 Å². The molecule has 0 spiro atoms. The average molecular weight is 299 g/mol. The molecule has 0 fully saturated rings. The molecule has 0 aliphatic heterocycles. The maximum Gasteiger partial charge on any atom is 0.211 e. The molecular weight excluding hydrogens is 274 g/mol. The Bertz CT molecular complexity index is 524. The van der Waals surface area contributed by atoms with Crippen molar-refractivity contribution >= 4 is 10.0 Å². The molecule has 20 heavy (non-hydrogen) atoms. The predicted octanol–water partition coefficient (Wildman–Crippen LogP) is 2.69. The van der Waals surface area contributed by atoms with Gasteiger partial charge in [0.05, 0.1) is 12.9 Å². The van der Waals surface area contributed by atoms with Gasteiger partial charge in [-0.1, -0.05) is 32.9 Å². The van der Waals surface area contributed by atoms with Crippen LogP contribution >= 0.6 is 0 Å². The number of benzene rings is 1. The number of hydrogen-bond donors (Lipinski definition) is 1. The van der Waals surface area contributed by atoms with Gasteiger partial charge in [0.2, 0.25) is 10.0 Å². The van der Waals surface area contributed by atoms with E-state index in [1.807, 2.05) is 19.1 Å². The van der Waals surface area contributed by atoms with E-state index in [0.29, 0.717) is 25.3 Å². The Morgan fingerprint density at radius 3 is 2.55 bits per heavy atom. The average Bonchev–Trinajstić information content (AvgIpc) is 2.38. The van der Waals surface area contributed by atoms with Crippen LogP contribution in [-0.4, -0.2) is 27.8 Å². The van der Waals surface area contributed by atoms with Gasteiger partial charge in [-0.15, -0.1) is 0 Å². The Morgan fingerprint density at radius 2 is 2.00 bits per heavy atom. The summed E-state index contributed by atoms with van der Waals surface area (Å²) >= 11 is 0. The van der Waals surface area contributed by atoms with E-state index in [1.54, 1.807) is 7.11 Å². The summed E-state index contributed by atoms with van der Waals surface area (Å²) in [6, 6.07) is 6.03. The van der Waals surface area contributed by atoms with Crippen LogP contribution in [0.1, 0.15) is 44.2 Å². The molecule has 0 heterocycles. The monoisotopic (exact) mass is 299 g/mol. The van der Waals surface area contributed by atoms with Gasteiger partial charge in [-0.3, -0.25) is 0 Å². The second-order valence-electron chi connectivity index (χ2n) is 5.19. The number of hydrogen-bond acceptors (Lipinski definition) is 3. The topological polar surface area (TPSA) is 55.4 Å². The molecule has 1 aromatic carbocycles. The van der Waals surface area contributed by atoms with Gasteiger partial charge in [-0.2, -0.15) is 0 Å². The third kappa shape index (κ3) is 5.13. The fourth-order valence-electron chi connectivity index (χ4n) is 2.08. The summed E-state index contributed by atoms with van der Waals surface area (Å²) in [6.07, 6.45) is 1.32. The Labute approximate surface area is 122 Å². The van der Waals surface area contributed by atoms with Crippen LogP contribution in [0.25, 0.3) is 0 Å². The zero-order valence-electron chi connectivity index (χ0n) is 12.8. The quantitative estimate of drug-likeness (QED) is 0.803. The standard InChI is InChI=1S/C15H25NO3S/c1-5-10-20(17,18)16-9-8-13-6-7-15(19-4)14(11-13)12(2)3/h6-7,11-12,16H,5,8-10H2,1-4H3. The zero-order valence-corrected chi connectivity index (χ0v) is 13.6. The third-order valence-corrected chi connectivity index (χ3v) is 4.71. The largest absolute Gasteiger partial charge is 0.496 e. The van der Waals surface area contributed by atoms with Gasteiger partial charge in [0.25, 0.3) is 0 Å². The van der Waals surface area contributed by atoms with Crippen molar-refractivity contribution in [3.63, 3.8) is 0 Å². The molecule has 0 radical (unpaired) electrons. The molecule has 0 unspecified atom stereocenters. The number of nitrogens with one attached hydrogen (secondary N) is 1. The molecule has 0 aliphatic carbocycles. The van der Waals surface area contributed by atoms with Crippen LogP contribution in [0.5, 0.6) is 5.75 Å². The van der Waals surface area contributed by atoms with E-state index in [4.69, 9.17) is 4.74 Å². The van der Waals surface area contributed by atoms with Crippen molar-refractivity contribution in [2.24, 2.45) is 0 Å². The number of ether oxygens (including phenoxy) is 1. The first-order valence-corrected chi connectivity index (χ1v) is 8.69. The summed E-state index contributed by atoms with van der Waals surface area (Å²) in [5, 5.41) is 0. The molecule has 1 N–H and O–H groups in total. The molecule has 0 saturated carbocycles. The molecule has 114 valence electrons. The molecular formula is C15H25NO3S. The fraction of sp³-hybridized carbons (Fsp3) is 0.600. The minimum Gasteiger partial charge on any atom is -0.496 e. The Balaban J connectivity index is 2.68. The molecule has 0 aliphatic rings. The lowest BCUT2D eigenvalue weighted by molar-refractivity contribution is 0.407. The van der Waals surface area contributed by atoms with Gasteiger partial charge in [-0.25, -0.2) is 13.1 Å². The van der Waals surface area contributed by atoms with Crippen LogP contribution in [0.15, 0.2) is 18.2 Å². The molecule has 1 aromatic rings. The highest BCUT2D eigenvalue weighted by atomic mass is 32.2. The van der Waals surface area contributed by atoms with E-state index >= 15 is 0 Å². The molecule has 0 bridgehead atoms. The van der Waals surface area contributed by atoms with Gasteiger partial charge >= 0.3 is 0 Å². The first-order valence-electron chi connectivity index (χ1n) is 7.03. The van der Waals surface area contributed by atoms with Crippen molar-refractivity contribution in [3.8, 4) is 5.75 Å². The van der Waals surface area contributed by atoms with Crippen LogP contribution < -0.4 is 9.46 Å². The normalized spacial score (nSPS) is 11.8. The van der Waals surface area contributed by atoms with E-state index in [2.05, 4.69) is 24.6 Å². The molecule has 0 aromatic heterocycles. The third-order valence-electron chi connectivity index (χ3n) is 3.12. The maximum atomic E-state index is 11.6. The van der Waals surface area contributed by atoms with E-state index in [0.717, 1.165) is 16.9 Å². The fourth-order valence-corrected chi connectivity index (χ4v) is 3.18. The van der Waals surface area contributed by atoms with Gasteiger partial charge in [-0.05, 0) is 36.0 Å². The lowest BCUT2D eigenvalue weighted by atomic mass is 9.98. The van der Waals surface area contributed by atoms with Crippen LogP contribution in [-0.2, 0) is 16.4 Å². The van der Waals surface area contributed by atoms with Crippen LogP contribution in [0.4, 0.5) is 0 Å². The number of sulfonamides is 1. The number of methoxy groups -OCH3 is 1. The Morgan fingerprint density at radius 1 is 1.30 bits per heavy atom. The van der Waals surface area contributed by atoms with E-state index in [1.165, 1.54) is 0 Å². The lowest BCUT2D eigenvalue weighted by Gasteiger charge is -2.13. The predicted molar refractivity (Wildman–Crippen MR) is 82.9 cm³/mol. The van der Waals surface area contributed by atoms with Crippen molar-refractivity contribution in [3.05, 3.63) is 29.3 Å². The molecule has 1 rings (SSSR count). The zero-order chi connectivity index (χ0) is 15.2. The lowest BCUT2D eigenvalue weighted by Crippen LogP contribution is -2.28. The summed E-state index contributed by atoms with van der Waals surface area (Å²) in [5.41, 5.74) is 2.27. The Kier molecular flexibility index (Phi) is 6.49. The van der Waals surface area contributed by atoms with Crippen molar-refractivity contribution < 1.29 is 13.2 Å². The smallest absolute Gasteiger partial charge is 0.211 e. The summed E-state index contributed by atoms with van der Waals surface area (Å²) in [6.45, 7) is 6.53. The maximum absolute atomic E-state index is 11.6. The van der Waals surface area contributed by atoms with Crippen molar-refractivity contribution in [1.29, 1.82) is 0 Å². The molecule has 0 amide bonds. The minimum atomic E-state index is -3.12. The van der Waals surface area contributed by atoms with E-state index in [-0.39, 0.29) is 5.75 Å². The molecule has 5 heteroatoms. The van der Waals surface area contributed by atoms with Gasteiger partial charge < -0.3 is 4.74 Å². The minimum absolute atomic E-state index is 0.187. The second kappa shape index (κ2) is 7.64. The van der Waals surface area contributed by atoms with Gasteiger partial charge in [0.1, 0.15) is 5.75 Å². The highest BCUT2D eigenvalue weighted by Crippen LogP contribution is 2.27. The van der Waals surface area contributed by atoms with E-state index < -0.39 is 10.0 Å². The first-order chi connectivity index (χ1) is 9.39.